The van der Waals surface area contributed by atoms with E-state index in [1.54, 1.807) is 0 Å². The quantitative estimate of drug-likeness (QED) is 0.135. The number of unbranched alkanes of at least 4 members (excludes halogenated alkanes) is 9. The van der Waals surface area contributed by atoms with Crippen molar-refractivity contribution in [3.63, 3.8) is 0 Å². The summed E-state index contributed by atoms with van der Waals surface area (Å²) in [5.74, 6) is -0.418. The van der Waals surface area contributed by atoms with Gasteiger partial charge >= 0.3 is 5.97 Å². The molecule has 9 nitrogen and oxygen atoms in total. The molecule has 5 N–H and O–H groups in total. The predicted octanol–water partition coefficient (Wildman–Crippen LogP) is 2.19. The summed E-state index contributed by atoms with van der Waals surface area (Å²) in [6.07, 6.45) is 5.10. The summed E-state index contributed by atoms with van der Waals surface area (Å²) in [4.78, 5) is 11.9. The van der Waals surface area contributed by atoms with E-state index < -0.39 is 48.9 Å². The Morgan fingerprint density at radius 3 is 1.88 bits per heavy atom. The molecule has 0 aliphatic carbocycles. The van der Waals surface area contributed by atoms with E-state index in [1.165, 1.54) is 32.8 Å². The Labute approximate surface area is 204 Å². The van der Waals surface area contributed by atoms with E-state index in [9.17, 15) is 30.3 Å². The molecule has 0 spiro atoms. The van der Waals surface area contributed by atoms with Crippen molar-refractivity contribution in [3.05, 3.63) is 0 Å². The Morgan fingerprint density at radius 2 is 1.32 bits per heavy atom. The van der Waals surface area contributed by atoms with Gasteiger partial charge in [-0.1, -0.05) is 71.1 Å². The lowest BCUT2D eigenvalue weighted by molar-refractivity contribution is -0.295. The molecule has 1 heterocycles. The molecule has 0 radical (unpaired) electrons. The van der Waals surface area contributed by atoms with Gasteiger partial charge in [0.2, 0.25) is 0 Å². The van der Waals surface area contributed by atoms with Gasteiger partial charge in [-0.2, -0.15) is 0 Å². The maximum Gasteiger partial charge on any atom is 0.305 e. The molecule has 34 heavy (non-hydrogen) atoms. The Morgan fingerprint density at radius 1 is 0.794 bits per heavy atom. The van der Waals surface area contributed by atoms with E-state index in [1.807, 2.05) is 0 Å². The lowest BCUT2D eigenvalue weighted by Crippen LogP contribution is -2.59. The molecule has 7 atom stereocenters. The standard InChI is InChI=1S/C25H48O9/c1-3-4-5-6-8-11-14-18(26)19(27)15-12-9-7-10-13-16-21(28)33-17-20-22(29)23(30)24(31)25(32-2)34-20/h18-20,22-27,29-31H,3-17H2,1-2H3/t18?,19?,20-,22-,23+,24-,25+/m1/s1. The smallest absolute Gasteiger partial charge is 0.305 e. The Hall–Kier alpha value is -0.810. The molecule has 0 saturated carbocycles. The van der Waals surface area contributed by atoms with Gasteiger partial charge in [0.05, 0.1) is 12.2 Å². The van der Waals surface area contributed by atoms with Crippen molar-refractivity contribution in [2.24, 2.45) is 0 Å². The summed E-state index contributed by atoms with van der Waals surface area (Å²) in [5, 5.41) is 49.7. The van der Waals surface area contributed by atoms with E-state index >= 15 is 0 Å². The monoisotopic (exact) mass is 492 g/mol. The van der Waals surface area contributed by atoms with Crippen molar-refractivity contribution >= 4 is 5.97 Å². The van der Waals surface area contributed by atoms with Crippen molar-refractivity contribution in [2.75, 3.05) is 13.7 Å². The first-order valence-corrected chi connectivity index (χ1v) is 13.1. The second kappa shape index (κ2) is 18.5. The van der Waals surface area contributed by atoms with Crippen LogP contribution in [0.1, 0.15) is 96.8 Å². The van der Waals surface area contributed by atoms with Crippen LogP contribution in [0.25, 0.3) is 0 Å². The van der Waals surface area contributed by atoms with E-state index in [-0.39, 0.29) is 13.0 Å². The molecular formula is C25H48O9. The zero-order valence-electron chi connectivity index (χ0n) is 21.0. The van der Waals surface area contributed by atoms with Gasteiger partial charge in [0.1, 0.15) is 31.0 Å². The first-order valence-electron chi connectivity index (χ1n) is 13.1. The molecule has 0 aromatic heterocycles. The van der Waals surface area contributed by atoms with Crippen molar-refractivity contribution in [1.29, 1.82) is 0 Å². The summed E-state index contributed by atoms with van der Waals surface area (Å²) in [7, 11) is 1.31. The topological polar surface area (TPSA) is 146 Å². The molecule has 9 heteroatoms. The number of ether oxygens (including phenoxy) is 3. The second-order valence-corrected chi connectivity index (χ2v) is 9.43. The summed E-state index contributed by atoms with van der Waals surface area (Å²) >= 11 is 0. The minimum absolute atomic E-state index is 0.234. The van der Waals surface area contributed by atoms with Crippen LogP contribution in [-0.4, -0.2) is 88.1 Å². The Balaban J connectivity index is 2.04. The molecule has 0 bridgehead atoms. The number of carbonyl (C=O) groups excluding carboxylic acids is 1. The number of rotatable bonds is 19. The van der Waals surface area contributed by atoms with Gasteiger partial charge < -0.3 is 39.7 Å². The van der Waals surface area contributed by atoms with Crippen molar-refractivity contribution in [3.8, 4) is 0 Å². The molecule has 1 saturated heterocycles. The fourth-order valence-corrected chi connectivity index (χ4v) is 4.17. The van der Waals surface area contributed by atoms with Crippen LogP contribution in [0.15, 0.2) is 0 Å². The molecule has 0 aromatic rings. The molecule has 1 fully saturated rings. The van der Waals surface area contributed by atoms with Crippen molar-refractivity contribution < 1.29 is 44.5 Å². The van der Waals surface area contributed by atoms with Gasteiger partial charge in [-0.25, -0.2) is 0 Å². The fourth-order valence-electron chi connectivity index (χ4n) is 4.17. The third-order valence-corrected chi connectivity index (χ3v) is 6.49. The third kappa shape index (κ3) is 12.2. The van der Waals surface area contributed by atoms with Crippen LogP contribution in [0.5, 0.6) is 0 Å². The lowest BCUT2D eigenvalue weighted by atomic mass is 9.99. The summed E-state index contributed by atoms with van der Waals surface area (Å²) < 4.78 is 15.4. The maximum atomic E-state index is 11.9. The SMILES string of the molecule is CCCCCCCCC(O)C(O)CCCCCCCC(=O)OC[C@H]1O[C@H](OC)[C@H](O)[C@@H](O)[C@@H]1O. The first kappa shape index (κ1) is 31.2. The number of carbonyl (C=O) groups is 1. The molecule has 0 amide bonds. The average Bonchev–Trinajstić information content (AvgIpc) is 2.83. The van der Waals surface area contributed by atoms with Gasteiger partial charge in [0.15, 0.2) is 6.29 Å². The zero-order valence-corrected chi connectivity index (χ0v) is 21.0. The molecular weight excluding hydrogens is 444 g/mol. The molecule has 1 rings (SSSR count). The average molecular weight is 493 g/mol. The highest BCUT2D eigenvalue weighted by molar-refractivity contribution is 5.69. The summed E-state index contributed by atoms with van der Waals surface area (Å²) in [6, 6.07) is 0. The highest BCUT2D eigenvalue weighted by atomic mass is 16.7. The molecule has 1 aliphatic heterocycles. The summed E-state index contributed by atoms with van der Waals surface area (Å²) in [6.45, 7) is 1.96. The number of esters is 1. The number of hydrogen-bond acceptors (Lipinski definition) is 9. The van der Waals surface area contributed by atoms with E-state index in [0.29, 0.717) is 19.3 Å². The van der Waals surface area contributed by atoms with Crippen LogP contribution in [0.4, 0.5) is 0 Å². The van der Waals surface area contributed by atoms with Crippen LogP contribution < -0.4 is 0 Å². The second-order valence-electron chi connectivity index (χ2n) is 9.43. The van der Waals surface area contributed by atoms with Crippen LogP contribution in [0.3, 0.4) is 0 Å². The first-order chi connectivity index (χ1) is 16.3. The normalized spacial score (nSPS) is 26.9. The third-order valence-electron chi connectivity index (χ3n) is 6.49. The predicted molar refractivity (Wildman–Crippen MR) is 127 cm³/mol. The van der Waals surface area contributed by atoms with Gasteiger partial charge in [0.25, 0.3) is 0 Å². The zero-order chi connectivity index (χ0) is 25.3. The number of aliphatic hydroxyl groups is 5. The fraction of sp³-hybridized carbons (Fsp3) is 0.960. The number of hydrogen-bond donors (Lipinski definition) is 5. The van der Waals surface area contributed by atoms with Crippen molar-refractivity contribution in [1.82, 2.24) is 0 Å². The van der Waals surface area contributed by atoms with E-state index in [2.05, 4.69) is 6.92 Å². The van der Waals surface area contributed by atoms with E-state index in [4.69, 9.17) is 14.2 Å². The molecule has 202 valence electrons. The van der Waals surface area contributed by atoms with Gasteiger partial charge in [0, 0.05) is 13.5 Å². The van der Waals surface area contributed by atoms with Crippen LogP contribution >= 0.6 is 0 Å². The Kier molecular flexibility index (Phi) is 16.9. The largest absolute Gasteiger partial charge is 0.463 e. The van der Waals surface area contributed by atoms with Crippen LogP contribution in [0, 0.1) is 0 Å². The van der Waals surface area contributed by atoms with Gasteiger partial charge in [-0.05, 0) is 19.3 Å². The number of aliphatic hydroxyl groups excluding tert-OH is 5. The van der Waals surface area contributed by atoms with Gasteiger partial charge in [-0.3, -0.25) is 4.79 Å². The van der Waals surface area contributed by atoms with Gasteiger partial charge in [-0.15, -0.1) is 0 Å². The lowest BCUT2D eigenvalue weighted by Gasteiger charge is -2.39. The van der Waals surface area contributed by atoms with Crippen LogP contribution in [-0.2, 0) is 19.0 Å². The highest BCUT2D eigenvalue weighted by Gasteiger charge is 2.44. The Bertz CT molecular complexity index is 517. The van der Waals surface area contributed by atoms with Crippen LogP contribution in [0.2, 0.25) is 0 Å². The minimum atomic E-state index is -1.45. The maximum absolute atomic E-state index is 11.9. The molecule has 2 unspecified atom stereocenters. The minimum Gasteiger partial charge on any atom is -0.463 e. The highest BCUT2D eigenvalue weighted by Crippen LogP contribution is 2.22. The van der Waals surface area contributed by atoms with E-state index in [0.717, 1.165) is 38.5 Å². The summed E-state index contributed by atoms with van der Waals surface area (Å²) in [5.41, 5.74) is 0. The molecule has 0 aromatic carbocycles. The number of methoxy groups -OCH3 is 1. The molecule has 1 aliphatic rings. The van der Waals surface area contributed by atoms with Crippen molar-refractivity contribution in [2.45, 2.75) is 140 Å².